The Morgan fingerprint density at radius 1 is 1.42 bits per heavy atom. The topological polar surface area (TPSA) is 78.9 Å². The molecule has 2 fully saturated rings. The van der Waals surface area contributed by atoms with Crippen LogP contribution in [0.25, 0.3) is 0 Å². The maximum atomic E-state index is 12.2. The third-order valence-corrected chi connectivity index (χ3v) is 3.94. The van der Waals surface area contributed by atoms with Crippen molar-refractivity contribution in [3.05, 3.63) is 0 Å². The molecule has 2 atom stereocenters. The van der Waals surface area contributed by atoms with Crippen LogP contribution in [-0.4, -0.2) is 53.3 Å². The predicted octanol–water partition coefficient (Wildman–Crippen LogP) is 1.06. The Morgan fingerprint density at radius 3 is 2.68 bits per heavy atom. The van der Waals surface area contributed by atoms with Crippen molar-refractivity contribution in [1.82, 2.24) is 10.2 Å². The van der Waals surface area contributed by atoms with Crippen molar-refractivity contribution >= 4 is 12.0 Å². The van der Waals surface area contributed by atoms with E-state index < -0.39 is 11.5 Å². The van der Waals surface area contributed by atoms with Crippen molar-refractivity contribution in [2.45, 2.75) is 44.8 Å². The minimum absolute atomic E-state index is 0.00902. The van der Waals surface area contributed by atoms with Crippen LogP contribution in [0.5, 0.6) is 0 Å². The number of carbonyl (C=O) groups excluding carboxylic acids is 1. The Kier molecular flexibility index (Phi) is 3.99. The fourth-order valence-corrected chi connectivity index (χ4v) is 2.47. The first-order chi connectivity index (χ1) is 8.93. The lowest BCUT2D eigenvalue weighted by Crippen LogP contribution is -2.58. The Bertz CT molecular complexity index is 370. The highest BCUT2D eigenvalue weighted by molar-refractivity contribution is 5.86. The highest BCUT2D eigenvalue weighted by Gasteiger charge is 2.49. The van der Waals surface area contributed by atoms with Crippen LogP contribution in [0.15, 0.2) is 0 Å². The molecule has 2 unspecified atom stereocenters. The molecule has 1 heterocycles. The summed E-state index contributed by atoms with van der Waals surface area (Å²) in [4.78, 5) is 25.3. The highest BCUT2D eigenvalue weighted by atomic mass is 16.5. The van der Waals surface area contributed by atoms with Gasteiger partial charge in [0.05, 0.1) is 6.10 Å². The molecule has 1 aliphatic carbocycles. The van der Waals surface area contributed by atoms with Crippen molar-refractivity contribution in [2.24, 2.45) is 5.92 Å². The normalized spacial score (nSPS) is 27.3. The van der Waals surface area contributed by atoms with Gasteiger partial charge in [-0.3, -0.25) is 0 Å². The summed E-state index contributed by atoms with van der Waals surface area (Å²) in [7, 11) is 0. The van der Waals surface area contributed by atoms with Crippen LogP contribution in [-0.2, 0) is 9.53 Å². The standard InChI is InChI=1S/C13H22N2O4/c1-9-8-15(6-3-7-19-9)12(18)14-13(2,11(16)17)10-4-5-10/h9-10H,3-8H2,1-2H3,(H,14,18)(H,16,17). The van der Waals surface area contributed by atoms with Crippen molar-refractivity contribution in [1.29, 1.82) is 0 Å². The molecule has 0 bridgehead atoms. The number of carboxylic acid groups (broad SMARTS) is 1. The molecule has 19 heavy (non-hydrogen) atoms. The monoisotopic (exact) mass is 270 g/mol. The molecule has 0 aromatic carbocycles. The van der Waals surface area contributed by atoms with E-state index in [-0.39, 0.29) is 18.1 Å². The van der Waals surface area contributed by atoms with Crippen molar-refractivity contribution in [2.75, 3.05) is 19.7 Å². The minimum atomic E-state index is -1.15. The number of hydrogen-bond donors (Lipinski definition) is 2. The van der Waals surface area contributed by atoms with E-state index in [1.807, 2.05) is 6.92 Å². The summed E-state index contributed by atoms with van der Waals surface area (Å²) in [6, 6.07) is -0.297. The number of rotatable bonds is 3. The first-order valence-corrected chi connectivity index (χ1v) is 6.85. The average molecular weight is 270 g/mol. The molecule has 6 nitrogen and oxygen atoms in total. The first kappa shape index (κ1) is 14.1. The lowest BCUT2D eigenvalue weighted by molar-refractivity contribution is -0.144. The van der Waals surface area contributed by atoms with Crippen LogP contribution in [0, 0.1) is 5.92 Å². The zero-order valence-corrected chi connectivity index (χ0v) is 11.5. The maximum absolute atomic E-state index is 12.2. The third kappa shape index (κ3) is 3.18. The Labute approximate surface area is 113 Å². The van der Waals surface area contributed by atoms with Crippen LogP contribution < -0.4 is 5.32 Å². The van der Waals surface area contributed by atoms with Gasteiger partial charge < -0.3 is 20.1 Å². The Morgan fingerprint density at radius 2 is 2.11 bits per heavy atom. The number of nitrogens with one attached hydrogen (secondary N) is 1. The largest absolute Gasteiger partial charge is 0.480 e. The molecular formula is C13H22N2O4. The number of urea groups is 1. The molecule has 0 spiro atoms. The van der Waals surface area contributed by atoms with E-state index in [2.05, 4.69) is 5.32 Å². The van der Waals surface area contributed by atoms with E-state index in [0.29, 0.717) is 19.7 Å². The molecule has 0 aromatic heterocycles. The molecule has 2 rings (SSSR count). The molecule has 6 heteroatoms. The summed E-state index contributed by atoms with van der Waals surface area (Å²) >= 11 is 0. The molecule has 1 aliphatic heterocycles. The van der Waals surface area contributed by atoms with Gasteiger partial charge in [-0.25, -0.2) is 9.59 Å². The second kappa shape index (κ2) is 5.36. The molecule has 2 N–H and O–H groups in total. The smallest absolute Gasteiger partial charge is 0.329 e. The summed E-state index contributed by atoms with van der Waals surface area (Å²) in [5, 5.41) is 12.0. The van der Waals surface area contributed by atoms with Gasteiger partial charge in [0, 0.05) is 19.7 Å². The van der Waals surface area contributed by atoms with Gasteiger partial charge in [0.25, 0.3) is 0 Å². The average Bonchev–Trinajstić information content (AvgIpc) is 3.15. The van der Waals surface area contributed by atoms with Gasteiger partial charge in [-0.1, -0.05) is 0 Å². The number of carboxylic acids is 1. The van der Waals surface area contributed by atoms with E-state index in [9.17, 15) is 14.7 Å². The fraction of sp³-hybridized carbons (Fsp3) is 0.846. The molecule has 0 aromatic rings. The van der Waals surface area contributed by atoms with E-state index in [1.54, 1.807) is 11.8 Å². The van der Waals surface area contributed by atoms with Gasteiger partial charge in [-0.05, 0) is 39.0 Å². The number of aliphatic carboxylic acids is 1. The molecule has 0 radical (unpaired) electrons. The van der Waals surface area contributed by atoms with E-state index in [1.165, 1.54) is 0 Å². The number of amides is 2. The maximum Gasteiger partial charge on any atom is 0.329 e. The quantitative estimate of drug-likeness (QED) is 0.803. The second-order valence-corrected chi connectivity index (χ2v) is 5.69. The predicted molar refractivity (Wildman–Crippen MR) is 68.9 cm³/mol. The number of nitrogens with zero attached hydrogens (tertiary/aromatic N) is 1. The summed E-state index contributed by atoms with van der Waals surface area (Å²) in [6.45, 7) is 5.28. The molecule has 2 amide bonds. The highest BCUT2D eigenvalue weighted by Crippen LogP contribution is 2.39. The van der Waals surface area contributed by atoms with Crippen LogP contribution in [0.1, 0.15) is 33.1 Å². The van der Waals surface area contributed by atoms with Crippen molar-refractivity contribution < 1.29 is 19.4 Å². The molecule has 2 aliphatic rings. The number of hydrogen-bond acceptors (Lipinski definition) is 3. The summed E-state index contributed by atoms with van der Waals surface area (Å²) in [6.07, 6.45) is 2.50. The van der Waals surface area contributed by atoms with E-state index in [0.717, 1.165) is 19.3 Å². The minimum Gasteiger partial charge on any atom is -0.480 e. The van der Waals surface area contributed by atoms with Gasteiger partial charge in [0.2, 0.25) is 0 Å². The van der Waals surface area contributed by atoms with Crippen LogP contribution in [0.2, 0.25) is 0 Å². The second-order valence-electron chi connectivity index (χ2n) is 5.69. The third-order valence-electron chi connectivity index (χ3n) is 3.94. The van der Waals surface area contributed by atoms with Crippen LogP contribution in [0.4, 0.5) is 4.79 Å². The van der Waals surface area contributed by atoms with E-state index >= 15 is 0 Å². The van der Waals surface area contributed by atoms with Gasteiger partial charge in [0.15, 0.2) is 0 Å². The van der Waals surface area contributed by atoms with Gasteiger partial charge in [-0.15, -0.1) is 0 Å². The lowest BCUT2D eigenvalue weighted by Gasteiger charge is -2.30. The molecule has 1 saturated heterocycles. The summed E-state index contributed by atoms with van der Waals surface area (Å²) < 4.78 is 5.48. The Balaban J connectivity index is 2.00. The SMILES string of the molecule is CC1CN(C(=O)NC(C)(C(=O)O)C2CC2)CCCO1. The van der Waals surface area contributed by atoms with Crippen LogP contribution >= 0.6 is 0 Å². The van der Waals surface area contributed by atoms with Crippen molar-refractivity contribution in [3.8, 4) is 0 Å². The van der Waals surface area contributed by atoms with Crippen molar-refractivity contribution in [3.63, 3.8) is 0 Å². The lowest BCUT2D eigenvalue weighted by atomic mass is 9.96. The summed E-state index contributed by atoms with van der Waals surface area (Å²) in [5.41, 5.74) is -1.15. The summed E-state index contributed by atoms with van der Waals surface area (Å²) in [5.74, 6) is -0.905. The zero-order chi connectivity index (χ0) is 14.0. The molecular weight excluding hydrogens is 248 g/mol. The van der Waals surface area contributed by atoms with Gasteiger partial charge in [0.1, 0.15) is 5.54 Å². The van der Waals surface area contributed by atoms with Crippen LogP contribution in [0.3, 0.4) is 0 Å². The fourth-order valence-electron chi connectivity index (χ4n) is 2.47. The first-order valence-electron chi connectivity index (χ1n) is 6.85. The molecule has 1 saturated carbocycles. The molecule has 108 valence electrons. The van der Waals surface area contributed by atoms with Gasteiger partial charge >= 0.3 is 12.0 Å². The van der Waals surface area contributed by atoms with Gasteiger partial charge in [-0.2, -0.15) is 0 Å². The Hall–Kier alpha value is -1.30. The number of ether oxygens (including phenoxy) is 1. The zero-order valence-electron chi connectivity index (χ0n) is 11.5. The number of carbonyl (C=O) groups is 2. The van der Waals surface area contributed by atoms with E-state index in [4.69, 9.17) is 4.74 Å².